The van der Waals surface area contributed by atoms with Crippen molar-refractivity contribution < 1.29 is 5.11 Å². The lowest BCUT2D eigenvalue weighted by atomic mass is 9.93. The van der Waals surface area contributed by atoms with E-state index in [1.807, 2.05) is 18.5 Å². The molecule has 1 aliphatic heterocycles. The zero-order valence-electron chi connectivity index (χ0n) is 25.0. The van der Waals surface area contributed by atoms with Crippen molar-refractivity contribution >= 4 is 32.4 Å². The summed E-state index contributed by atoms with van der Waals surface area (Å²) in [5.74, 6) is 7.78. The number of pyridine rings is 2. The number of hydrogen-bond donors (Lipinski definition) is 2. The Morgan fingerprint density at radius 3 is 2.41 bits per heavy atom. The normalized spacial score (nSPS) is 16.0. The second-order valence-corrected chi connectivity index (χ2v) is 15.0. The van der Waals surface area contributed by atoms with Gasteiger partial charge in [-0.25, -0.2) is 4.98 Å². The molecule has 6 heteroatoms. The molecule has 2 aromatic heterocycles. The Kier molecular flexibility index (Phi) is 8.99. The number of fused-ring (bicyclic) bond motifs is 1. The topological polar surface area (TPSA) is 61.3 Å². The van der Waals surface area contributed by atoms with Gasteiger partial charge in [-0.1, -0.05) is 51.0 Å². The maximum atomic E-state index is 9.87. The zero-order chi connectivity index (χ0) is 29.0. The van der Waals surface area contributed by atoms with E-state index in [1.165, 1.54) is 22.3 Å². The minimum Gasteiger partial charge on any atom is -0.392 e. The van der Waals surface area contributed by atoms with Gasteiger partial charge >= 0.3 is 0 Å². The second kappa shape index (κ2) is 12.7. The first-order chi connectivity index (χ1) is 19.9. The van der Waals surface area contributed by atoms with Crippen LogP contribution in [-0.2, 0) is 6.54 Å². The molecule has 2 aromatic carbocycles. The van der Waals surface area contributed by atoms with Gasteiger partial charge in [0.25, 0.3) is 0 Å². The molecule has 1 fully saturated rings. The summed E-state index contributed by atoms with van der Waals surface area (Å²) in [7, 11) is -0.878. The van der Waals surface area contributed by atoms with E-state index >= 15 is 0 Å². The number of β-amino-alcohol motifs (C(OH)–C–C–N with tert-alkyl or cyclic N) is 1. The van der Waals surface area contributed by atoms with Crippen LogP contribution in [0.25, 0.3) is 22.0 Å². The molecule has 0 amide bonds. The number of aliphatic hydroxyl groups excluding tert-OH is 1. The third-order valence-electron chi connectivity index (χ3n) is 8.58. The monoisotopic (exact) mass is 566 g/mol. The lowest BCUT2D eigenvalue weighted by molar-refractivity contribution is 0.175. The lowest BCUT2D eigenvalue weighted by Crippen LogP contribution is -2.21. The summed E-state index contributed by atoms with van der Waals surface area (Å²) in [4.78, 5) is 11.7. The molecule has 0 saturated carbocycles. The molecule has 4 aromatic rings. The highest BCUT2D eigenvalue weighted by molar-refractivity contribution is 8.37. The summed E-state index contributed by atoms with van der Waals surface area (Å²) < 4.78 is 0. The van der Waals surface area contributed by atoms with Gasteiger partial charge in [-0.3, -0.25) is 9.88 Å². The predicted octanol–water partition coefficient (Wildman–Crippen LogP) is 7.40. The molecule has 0 radical (unpaired) electrons. The number of hydrogen-bond acceptors (Lipinski definition) is 5. The van der Waals surface area contributed by atoms with Crippen molar-refractivity contribution in [2.45, 2.75) is 53.7 Å². The molecule has 1 aliphatic rings. The average molecular weight is 567 g/mol. The third-order valence-corrected chi connectivity index (χ3v) is 12.4. The van der Waals surface area contributed by atoms with E-state index in [2.05, 4.69) is 103 Å². The molecule has 41 heavy (non-hydrogen) atoms. The summed E-state index contributed by atoms with van der Waals surface area (Å²) in [6, 6.07) is 17.1. The van der Waals surface area contributed by atoms with Crippen LogP contribution in [0.15, 0.2) is 60.9 Å². The van der Waals surface area contributed by atoms with Gasteiger partial charge in [0, 0.05) is 48.7 Å². The van der Waals surface area contributed by atoms with Crippen LogP contribution in [-0.4, -0.2) is 56.4 Å². The minimum absolute atomic E-state index is 0.217. The fourth-order valence-electron chi connectivity index (χ4n) is 5.74. The van der Waals surface area contributed by atoms with Crippen molar-refractivity contribution in [3.05, 3.63) is 83.2 Å². The number of aromatic nitrogens is 2. The number of anilines is 2. The minimum atomic E-state index is -0.878. The van der Waals surface area contributed by atoms with Gasteiger partial charge in [0.05, 0.1) is 6.10 Å². The number of nitrogens with zero attached hydrogens (tertiary/aromatic N) is 3. The number of benzene rings is 2. The van der Waals surface area contributed by atoms with Gasteiger partial charge in [-0.15, -0.1) is 0 Å². The summed E-state index contributed by atoms with van der Waals surface area (Å²) in [6.07, 6.45) is 4.40. The fraction of sp³-hybridized carbons (Fsp3) is 0.371. The number of likely N-dealkylation sites (tertiary alicyclic amines) is 1. The highest BCUT2D eigenvalue weighted by Crippen LogP contribution is 2.45. The molecule has 5 rings (SSSR count). The molecule has 2 N–H and O–H groups in total. The van der Waals surface area contributed by atoms with Crippen molar-refractivity contribution in [3.8, 4) is 22.3 Å². The SMILES string of the molecule is CCS(C#Cc1cccc(-c2cccc(Nc3nccc4cc(CN5CC[C@@H](O)C5)cnc34)c2C)c1C)(CC)CC. The van der Waals surface area contributed by atoms with Crippen LogP contribution in [0.5, 0.6) is 0 Å². The van der Waals surface area contributed by atoms with Crippen LogP contribution in [0.2, 0.25) is 0 Å². The van der Waals surface area contributed by atoms with Gasteiger partial charge < -0.3 is 10.4 Å². The molecule has 1 atom stereocenters. The van der Waals surface area contributed by atoms with Crippen molar-refractivity contribution in [1.29, 1.82) is 0 Å². The quantitative estimate of drug-likeness (QED) is 0.218. The van der Waals surface area contributed by atoms with Crippen LogP contribution in [0, 0.1) is 25.0 Å². The van der Waals surface area contributed by atoms with E-state index in [4.69, 9.17) is 4.98 Å². The lowest BCUT2D eigenvalue weighted by Gasteiger charge is -2.30. The van der Waals surface area contributed by atoms with E-state index in [-0.39, 0.29) is 6.10 Å². The van der Waals surface area contributed by atoms with Crippen molar-refractivity contribution in [1.82, 2.24) is 14.9 Å². The Hall–Kier alpha value is -3.37. The van der Waals surface area contributed by atoms with Crippen molar-refractivity contribution in [2.75, 3.05) is 35.7 Å². The largest absolute Gasteiger partial charge is 0.392 e. The van der Waals surface area contributed by atoms with Gasteiger partial charge in [-0.05, 0) is 94.9 Å². The Balaban J connectivity index is 1.43. The highest BCUT2D eigenvalue weighted by Gasteiger charge is 2.20. The molecule has 0 aliphatic carbocycles. The summed E-state index contributed by atoms with van der Waals surface area (Å²) in [5.41, 5.74) is 8.93. The van der Waals surface area contributed by atoms with E-state index in [0.717, 1.165) is 76.8 Å². The van der Waals surface area contributed by atoms with E-state index in [9.17, 15) is 5.11 Å². The molecule has 3 heterocycles. The maximum Gasteiger partial charge on any atom is 0.156 e. The van der Waals surface area contributed by atoms with Crippen LogP contribution in [0.1, 0.15) is 49.4 Å². The molecular formula is C35H42N4OS. The molecule has 0 bridgehead atoms. The number of rotatable bonds is 8. The van der Waals surface area contributed by atoms with Crippen LogP contribution < -0.4 is 5.32 Å². The second-order valence-electron chi connectivity index (χ2n) is 11.0. The summed E-state index contributed by atoms with van der Waals surface area (Å²) in [5, 5.41) is 18.2. The van der Waals surface area contributed by atoms with Crippen LogP contribution in [0.4, 0.5) is 11.5 Å². The summed E-state index contributed by atoms with van der Waals surface area (Å²) in [6.45, 7) is 13.6. The van der Waals surface area contributed by atoms with E-state index in [0.29, 0.717) is 0 Å². The molecule has 214 valence electrons. The van der Waals surface area contributed by atoms with Gasteiger partial charge in [-0.2, -0.15) is 10.0 Å². The molecule has 1 saturated heterocycles. The molecule has 5 nitrogen and oxygen atoms in total. The predicted molar refractivity (Wildman–Crippen MR) is 176 cm³/mol. The molecule has 0 spiro atoms. The Morgan fingerprint density at radius 1 is 0.976 bits per heavy atom. The van der Waals surface area contributed by atoms with Crippen LogP contribution >= 0.6 is 10.0 Å². The highest BCUT2D eigenvalue weighted by atomic mass is 32.3. The number of nitrogens with one attached hydrogen (secondary N) is 1. The third kappa shape index (κ3) is 6.28. The first-order valence-electron chi connectivity index (χ1n) is 14.8. The summed E-state index contributed by atoms with van der Waals surface area (Å²) >= 11 is 0. The molecule has 0 unspecified atom stereocenters. The van der Waals surface area contributed by atoms with Gasteiger partial charge in [0.2, 0.25) is 0 Å². The van der Waals surface area contributed by atoms with Crippen molar-refractivity contribution in [3.63, 3.8) is 0 Å². The standard InChI is InChI=1S/C35H42N4OS/c1-6-41(7-2,8-3)20-17-28-11-9-12-31(25(28)4)32-13-10-14-33(26(32)5)38-35-34-29(15-18-36-35)21-27(22-37-34)23-39-19-16-30(40)24-39/h9-15,18,21-22,30,40H,6-8,16,19,23-24H2,1-5H3,(H,36,38)/t30-/m1/s1. The Morgan fingerprint density at radius 2 is 1.71 bits per heavy atom. The Bertz CT molecular complexity index is 1590. The fourth-order valence-corrected chi connectivity index (χ4v) is 7.73. The van der Waals surface area contributed by atoms with Gasteiger partial charge in [0.15, 0.2) is 5.82 Å². The van der Waals surface area contributed by atoms with Gasteiger partial charge in [0.1, 0.15) is 5.52 Å². The van der Waals surface area contributed by atoms with Crippen LogP contribution in [0.3, 0.4) is 0 Å². The first-order valence-corrected chi connectivity index (χ1v) is 16.9. The maximum absolute atomic E-state index is 9.87. The van der Waals surface area contributed by atoms with Crippen molar-refractivity contribution in [2.24, 2.45) is 0 Å². The Labute approximate surface area is 246 Å². The van der Waals surface area contributed by atoms with E-state index < -0.39 is 10.0 Å². The smallest absolute Gasteiger partial charge is 0.156 e. The average Bonchev–Trinajstić information content (AvgIpc) is 3.40. The molecular weight excluding hydrogens is 524 g/mol. The zero-order valence-corrected chi connectivity index (χ0v) is 25.8. The number of aliphatic hydroxyl groups is 1. The first kappa shape index (κ1) is 29.1. The van der Waals surface area contributed by atoms with E-state index in [1.54, 1.807) is 0 Å².